The van der Waals surface area contributed by atoms with Gasteiger partial charge < -0.3 is 4.57 Å². The van der Waals surface area contributed by atoms with E-state index in [2.05, 4.69) is 27.0 Å². The van der Waals surface area contributed by atoms with E-state index in [1.54, 1.807) is 12.5 Å². The molecule has 4 nitrogen and oxygen atoms in total. The number of nitrogens with zero attached hydrogens (tertiary/aromatic N) is 4. The van der Waals surface area contributed by atoms with Gasteiger partial charge in [0.05, 0.1) is 12.9 Å². The molecule has 0 spiro atoms. The maximum Gasteiger partial charge on any atom is 0.191 e. The summed E-state index contributed by atoms with van der Waals surface area (Å²) in [6.07, 6.45) is 5.34. The third-order valence-electron chi connectivity index (χ3n) is 1.54. The number of rotatable bonds is 1. The fourth-order valence-electron chi connectivity index (χ4n) is 0.934. The van der Waals surface area contributed by atoms with Gasteiger partial charge in [0.15, 0.2) is 5.01 Å². The van der Waals surface area contributed by atoms with Gasteiger partial charge in [-0.2, -0.15) is 0 Å². The lowest BCUT2D eigenvalue weighted by atomic mass is 10.5. The third kappa shape index (κ3) is 2.18. The second-order valence-electron chi connectivity index (χ2n) is 2.66. The topological polar surface area (TPSA) is 43.6 Å². The molecule has 0 N–H and O–H groups in total. The first kappa shape index (κ1) is 8.91. The predicted octanol–water partition coefficient (Wildman–Crippen LogP) is 1.09. The van der Waals surface area contributed by atoms with Gasteiger partial charge in [-0.3, -0.25) is 0 Å². The molecule has 0 amide bonds. The van der Waals surface area contributed by atoms with Gasteiger partial charge in [-0.25, -0.2) is 4.98 Å². The molecule has 0 fully saturated rings. The Balaban J connectivity index is 2.01. The van der Waals surface area contributed by atoms with Crippen LogP contribution in [0.4, 0.5) is 0 Å². The molecular formula is C9H8N4S. The summed E-state index contributed by atoms with van der Waals surface area (Å²) in [7, 11) is 0. The van der Waals surface area contributed by atoms with Gasteiger partial charge in [0.25, 0.3) is 0 Å². The van der Waals surface area contributed by atoms with Crippen LogP contribution in [0.3, 0.4) is 0 Å². The summed E-state index contributed by atoms with van der Waals surface area (Å²) < 4.78 is 1.90. The molecule has 0 aromatic carbocycles. The second kappa shape index (κ2) is 4.03. The van der Waals surface area contributed by atoms with Crippen LogP contribution in [0.15, 0.2) is 18.7 Å². The molecule has 2 heterocycles. The zero-order chi connectivity index (χ0) is 9.80. The Labute approximate surface area is 85.6 Å². The lowest BCUT2D eigenvalue weighted by Gasteiger charge is -1.89. The van der Waals surface area contributed by atoms with Crippen LogP contribution in [0.1, 0.15) is 10.0 Å². The number of hydrogen-bond acceptors (Lipinski definition) is 4. The molecule has 0 atom stereocenters. The Morgan fingerprint density at radius 3 is 3.07 bits per heavy atom. The van der Waals surface area contributed by atoms with Crippen LogP contribution >= 0.6 is 11.3 Å². The SMILES string of the molecule is Cc1nnc(C#CCn2ccnc2)s1. The zero-order valence-corrected chi connectivity index (χ0v) is 8.45. The largest absolute Gasteiger partial charge is 0.326 e. The van der Waals surface area contributed by atoms with Crippen molar-refractivity contribution in [1.29, 1.82) is 0 Å². The van der Waals surface area contributed by atoms with Crippen LogP contribution in [0, 0.1) is 18.8 Å². The van der Waals surface area contributed by atoms with Gasteiger partial charge >= 0.3 is 0 Å². The molecular weight excluding hydrogens is 196 g/mol. The molecule has 0 unspecified atom stereocenters. The molecule has 2 rings (SSSR count). The Morgan fingerprint density at radius 1 is 1.50 bits per heavy atom. The number of imidazole rings is 1. The summed E-state index contributed by atoms with van der Waals surface area (Å²) in [6, 6.07) is 0. The highest BCUT2D eigenvalue weighted by Gasteiger charge is 1.93. The average molecular weight is 204 g/mol. The van der Waals surface area contributed by atoms with Gasteiger partial charge in [0.2, 0.25) is 0 Å². The minimum absolute atomic E-state index is 0.638. The smallest absolute Gasteiger partial charge is 0.191 e. The molecule has 2 aromatic heterocycles. The van der Waals surface area contributed by atoms with Crippen LogP contribution in [0.2, 0.25) is 0 Å². The Morgan fingerprint density at radius 2 is 2.43 bits per heavy atom. The molecule has 5 heteroatoms. The summed E-state index contributed by atoms with van der Waals surface area (Å²) >= 11 is 1.50. The quantitative estimate of drug-likeness (QED) is 0.653. The zero-order valence-electron chi connectivity index (χ0n) is 7.64. The van der Waals surface area contributed by atoms with Crippen molar-refractivity contribution in [2.24, 2.45) is 0 Å². The fourth-order valence-corrected chi connectivity index (χ4v) is 1.50. The molecule has 0 radical (unpaired) electrons. The Kier molecular flexibility index (Phi) is 2.56. The first-order valence-electron chi connectivity index (χ1n) is 4.09. The monoisotopic (exact) mass is 204 g/mol. The average Bonchev–Trinajstić information content (AvgIpc) is 2.77. The summed E-state index contributed by atoms with van der Waals surface area (Å²) in [6.45, 7) is 2.55. The van der Waals surface area contributed by atoms with Crippen molar-refractivity contribution in [2.45, 2.75) is 13.5 Å². The van der Waals surface area contributed by atoms with E-state index in [1.807, 2.05) is 17.7 Å². The van der Waals surface area contributed by atoms with Crippen molar-refractivity contribution in [1.82, 2.24) is 19.7 Å². The van der Waals surface area contributed by atoms with E-state index < -0.39 is 0 Å². The van der Waals surface area contributed by atoms with E-state index >= 15 is 0 Å². The van der Waals surface area contributed by atoms with E-state index in [-0.39, 0.29) is 0 Å². The highest BCUT2D eigenvalue weighted by Crippen LogP contribution is 2.05. The predicted molar refractivity (Wildman–Crippen MR) is 53.8 cm³/mol. The van der Waals surface area contributed by atoms with E-state index in [0.29, 0.717) is 6.54 Å². The number of aryl methyl sites for hydroxylation is 1. The van der Waals surface area contributed by atoms with Crippen LogP contribution in [0.5, 0.6) is 0 Å². The third-order valence-corrected chi connectivity index (χ3v) is 2.30. The molecule has 0 saturated heterocycles. The summed E-state index contributed by atoms with van der Waals surface area (Å²) in [5.41, 5.74) is 0. The van der Waals surface area contributed by atoms with Gasteiger partial charge in [-0.05, 0) is 12.8 Å². The number of aromatic nitrogens is 4. The van der Waals surface area contributed by atoms with Crippen molar-refractivity contribution < 1.29 is 0 Å². The minimum atomic E-state index is 0.638. The molecule has 0 aliphatic heterocycles. The van der Waals surface area contributed by atoms with Crippen molar-refractivity contribution in [3.63, 3.8) is 0 Å². The standard InChI is InChI=1S/C9H8N4S/c1-8-11-12-9(14-8)3-2-5-13-6-4-10-7-13/h4,6-7H,5H2,1H3. The normalized spacial score (nSPS) is 9.50. The van der Waals surface area contributed by atoms with Gasteiger partial charge in [0.1, 0.15) is 5.01 Å². The maximum absolute atomic E-state index is 3.92. The first-order chi connectivity index (χ1) is 6.84. The van der Waals surface area contributed by atoms with E-state index in [9.17, 15) is 0 Å². The van der Waals surface area contributed by atoms with Crippen molar-refractivity contribution >= 4 is 11.3 Å². The highest BCUT2D eigenvalue weighted by atomic mass is 32.1. The van der Waals surface area contributed by atoms with Crippen LogP contribution in [-0.2, 0) is 6.54 Å². The Bertz CT molecular complexity index is 460. The maximum atomic E-state index is 3.92. The molecule has 2 aromatic rings. The Hall–Kier alpha value is -1.67. The van der Waals surface area contributed by atoms with Gasteiger partial charge in [-0.1, -0.05) is 17.3 Å². The van der Waals surface area contributed by atoms with Gasteiger partial charge in [-0.15, -0.1) is 10.2 Å². The molecule has 0 aliphatic rings. The summed E-state index contributed by atoms with van der Waals surface area (Å²) in [5.74, 6) is 5.95. The number of hydrogen-bond donors (Lipinski definition) is 0. The highest BCUT2D eigenvalue weighted by molar-refractivity contribution is 7.11. The molecule has 14 heavy (non-hydrogen) atoms. The first-order valence-corrected chi connectivity index (χ1v) is 4.91. The van der Waals surface area contributed by atoms with E-state index in [1.165, 1.54) is 11.3 Å². The van der Waals surface area contributed by atoms with Crippen molar-refractivity contribution in [3.8, 4) is 11.8 Å². The van der Waals surface area contributed by atoms with Crippen molar-refractivity contribution in [2.75, 3.05) is 0 Å². The van der Waals surface area contributed by atoms with E-state index in [4.69, 9.17) is 0 Å². The van der Waals surface area contributed by atoms with Crippen LogP contribution in [0.25, 0.3) is 0 Å². The lowest BCUT2D eigenvalue weighted by molar-refractivity contribution is 0.839. The summed E-state index contributed by atoms with van der Waals surface area (Å²) in [4.78, 5) is 3.92. The molecule has 70 valence electrons. The second-order valence-corrected chi connectivity index (χ2v) is 3.84. The fraction of sp³-hybridized carbons (Fsp3) is 0.222. The molecule has 0 aliphatic carbocycles. The van der Waals surface area contributed by atoms with Gasteiger partial charge in [0, 0.05) is 12.4 Å². The molecule has 0 bridgehead atoms. The van der Waals surface area contributed by atoms with Crippen LogP contribution in [-0.4, -0.2) is 19.7 Å². The van der Waals surface area contributed by atoms with Crippen molar-refractivity contribution in [3.05, 3.63) is 28.7 Å². The van der Waals surface area contributed by atoms with E-state index in [0.717, 1.165) is 10.0 Å². The molecule has 0 saturated carbocycles. The lowest BCUT2D eigenvalue weighted by Crippen LogP contribution is -1.89. The minimum Gasteiger partial charge on any atom is -0.326 e. The summed E-state index contributed by atoms with van der Waals surface area (Å²) in [5, 5.41) is 9.49. The van der Waals surface area contributed by atoms with Crippen LogP contribution < -0.4 is 0 Å².